The number of fused-ring (bicyclic) bond motifs is 1. The van der Waals surface area contributed by atoms with Crippen LogP contribution >= 0.6 is 11.6 Å². The molecule has 2 aromatic rings. The number of ether oxygens (including phenoxy) is 1. The van der Waals surface area contributed by atoms with Crippen LogP contribution < -0.4 is 0 Å². The Bertz CT molecular complexity index is 717. The summed E-state index contributed by atoms with van der Waals surface area (Å²) < 4.78 is 5.47. The lowest BCUT2D eigenvalue weighted by Crippen LogP contribution is -2.20. The molecule has 0 spiro atoms. The Morgan fingerprint density at radius 2 is 2.00 bits per heavy atom. The van der Waals surface area contributed by atoms with Gasteiger partial charge in [-0.15, -0.1) is 0 Å². The lowest BCUT2D eigenvalue weighted by molar-refractivity contribution is 0.0638. The standard InChI is InChI=1S/C20H24ClNO/c1-4-14-11-17-12-16(7-10-19(17)22-20(14)21)13(2)15-5-8-18(23-3)9-6-15/h7,10-12,15,18H,2,4-6,8-9H2,1,3H3. The highest BCUT2D eigenvalue weighted by Crippen LogP contribution is 2.36. The van der Waals surface area contributed by atoms with E-state index in [4.69, 9.17) is 16.3 Å². The van der Waals surface area contributed by atoms with E-state index in [1.54, 1.807) is 0 Å². The second-order valence-electron chi connectivity index (χ2n) is 6.43. The van der Waals surface area contributed by atoms with Crippen LogP contribution in [0.4, 0.5) is 0 Å². The lowest BCUT2D eigenvalue weighted by atomic mass is 9.80. The van der Waals surface area contributed by atoms with Crippen molar-refractivity contribution in [2.45, 2.75) is 45.1 Å². The minimum Gasteiger partial charge on any atom is -0.381 e. The fraction of sp³-hybridized carbons (Fsp3) is 0.450. The molecule has 1 heterocycles. The van der Waals surface area contributed by atoms with E-state index in [-0.39, 0.29) is 0 Å². The zero-order valence-electron chi connectivity index (χ0n) is 13.9. The molecule has 3 rings (SSSR count). The Morgan fingerprint density at radius 3 is 2.65 bits per heavy atom. The number of aromatic nitrogens is 1. The summed E-state index contributed by atoms with van der Waals surface area (Å²) in [6.45, 7) is 6.48. The van der Waals surface area contributed by atoms with Crippen LogP contribution in [0.25, 0.3) is 16.5 Å². The SMILES string of the molecule is C=C(c1ccc2nc(Cl)c(CC)cc2c1)C1CCC(OC)CC1. The van der Waals surface area contributed by atoms with Crippen LogP contribution in [0.2, 0.25) is 5.15 Å². The van der Waals surface area contributed by atoms with Gasteiger partial charge in [-0.3, -0.25) is 0 Å². The first-order chi connectivity index (χ1) is 11.1. The van der Waals surface area contributed by atoms with Crippen molar-refractivity contribution in [3.63, 3.8) is 0 Å². The molecule has 0 bridgehead atoms. The third-order valence-electron chi connectivity index (χ3n) is 5.09. The Balaban J connectivity index is 1.85. The van der Waals surface area contributed by atoms with Crippen LogP contribution in [-0.2, 0) is 11.2 Å². The second kappa shape index (κ2) is 7.02. The topological polar surface area (TPSA) is 22.1 Å². The van der Waals surface area contributed by atoms with E-state index in [0.717, 1.165) is 48.6 Å². The van der Waals surface area contributed by atoms with Crippen molar-refractivity contribution in [2.75, 3.05) is 7.11 Å². The molecule has 2 nitrogen and oxygen atoms in total. The molecule has 3 heteroatoms. The molecule has 0 saturated heterocycles. The van der Waals surface area contributed by atoms with Crippen molar-refractivity contribution in [3.8, 4) is 0 Å². The van der Waals surface area contributed by atoms with E-state index in [2.05, 4.69) is 42.8 Å². The molecule has 1 aromatic carbocycles. The first-order valence-corrected chi connectivity index (χ1v) is 8.81. The van der Waals surface area contributed by atoms with Crippen LogP contribution in [0.3, 0.4) is 0 Å². The molecule has 0 amide bonds. The molecule has 1 fully saturated rings. The summed E-state index contributed by atoms with van der Waals surface area (Å²) in [6.07, 6.45) is 5.90. The Morgan fingerprint density at radius 1 is 1.26 bits per heavy atom. The summed E-state index contributed by atoms with van der Waals surface area (Å²) in [5.74, 6) is 0.560. The third kappa shape index (κ3) is 3.44. The van der Waals surface area contributed by atoms with E-state index >= 15 is 0 Å². The zero-order valence-corrected chi connectivity index (χ0v) is 14.7. The Kier molecular flexibility index (Phi) is 5.03. The number of rotatable bonds is 4. The van der Waals surface area contributed by atoms with E-state index in [1.165, 1.54) is 11.1 Å². The van der Waals surface area contributed by atoms with Gasteiger partial charge in [-0.2, -0.15) is 0 Å². The average molecular weight is 330 g/mol. The van der Waals surface area contributed by atoms with Gasteiger partial charge in [0.05, 0.1) is 11.6 Å². The van der Waals surface area contributed by atoms with Crippen molar-refractivity contribution in [1.29, 1.82) is 0 Å². The summed E-state index contributed by atoms with van der Waals surface area (Å²) in [6, 6.07) is 8.55. The highest BCUT2D eigenvalue weighted by Gasteiger charge is 2.23. The van der Waals surface area contributed by atoms with Gasteiger partial charge in [0.1, 0.15) is 5.15 Å². The van der Waals surface area contributed by atoms with Gasteiger partial charge in [0.2, 0.25) is 0 Å². The fourth-order valence-electron chi connectivity index (χ4n) is 3.53. The molecule has 0 radical (unpaired) electrons. The van der Waals surface area contributed by atoms with Gasteiger partial charge in [-0.25, -0.2) is 4.98 Å². The molecule has 1 aromatic heterocycles. The highest BCUT2D eigenvalue weighted by atomic mass is 35.5. The predicted octanol–water partition coefficient (Wildman–Crippen LogP) is 5.67. The molecule has 23 heavy (non-hydrogen) atoms. The minimum absolute atomic E-state index is 0.425. The van der Waals surface area contributed by atoms with Crippen LogP contribution in [0.15, 0.2) is 30.8 Å². The first kappa shape index (κ1) is 16.5. The lowest BCUT2D eigenvalue weighted by Gasteiger charge is -2.29. The Hall–Kier alpha value is -1.38. The van der Waals surface area contributed by atoms with Gasteiger partial charge in [0, 0.05) is 12.5 Å². The van der Waals surface area contributed by atoms with E-state index < -0.39 is 0 Å². The van der Waals surface area contributed by atoms with Crippen LogP contribution in [0, 0.1) is 5.92 Å². The van der Waals surface area contributed by atoms with Gasteiger partial charge in [0.15, 0.2) is 0 Å². The molecule has 122 valence electrons. The number of nitrogens with zero attached hydrogens (tertiary/aromatic N) is 1. The number of hydrogen-bond acceptors (Lipinski definition) is 2. The number of halogens is 1. The molecular formula is C20H24ClNO. The number of benzene rings is 1. The molecule has 0 unspecified atom stereocenters. The van der Waals surface area contributed by atoms with Crippen molar-refractivity contribution in [1.82, 2.24) is 4.98 Å². The summed E-state index contributed by atoms with van der Waals surface area (Å²) in [5, 5.41) is 1.76. The van der Waals surface area contributed by atoms with Crippen molar-refractivity contribution in [2.24, 2.45) is 5.92 Å². The largest absolute Gasteiger partial charge is 0.381 e. The number of hydrogen-bond donors (Lipinski definition) is 0. The summed E-state index contributed by atoms with van der Waals surface area (Å²) >= 11 is 6.21. The molecule has 1 aliphatic carbocycles. The molecule has 0 atom stereocenters. The van der Waals surface area contributed by atoms with Gasteiger partial charge in [-0.1, -0.05) is 31.2 Å². The predicted molar refractivity (Wildman–Crippen MR) is 97.9 cm³/mol. The first-order valence-electron chi connectivity index (χ1n) is 8.43. The smallest absolute Gasteiger partial charge is 0.132 e. The quantitative estimate of drug-likeness (QED) is 0.674. The molecule has 1 aliphatic rings. The monoisotopic (exact) mass is 329 g/mol. The van der Waals surface area contributed by atoms with Crippen molar-refractivity contribution < 1.29 is 4.74 Å². The number of methoxy groups -OCH3 is 1. The average Bonchev–Trinajstić information content (AvgIpc) is 2.60. The molecule has 1 saturated carbocycles. The molecular weight excluding hydrogens is 306 g/mol. The zero-order chi connectivity index (χ0) is 16.4. The van der Waals surface area contributed by atoms with E-state index in [9.17, 15) is 0 Å². The van der Waals surface area contributed by atoms with E-state index in [0.29, 0.717) is 17.2 Å². The summed E-state index contributed by atoms with van der Waals surface area (Å²) in [5.41, 5.74) is 4.52. The summed E-state index contributed by atoms with van der Waals surface area (Å²) in [4.78, 5) is 4.50. The van der Waals surface area contributed by atoms with Crippen LogP contribution in [0.1, 0.15) is 43.7 Å². The minimum atomic E-state index is 0.425. The second-order valence-corrected chi connectivity index (χ2v) is 6.79. The molecule has 0 aliphatic heterocycles. The van der Waals surface area contributed by atoms with Crippen LogP contribution in [0.5, 0.6) is 0 Å². The number of allylic oxidation sites excluding steroid dienone is 1. The van der Waals surface area contributed by atoms with Gasteiger partial charge >= 0.3 is 0 Å². The maximum atomic E-state index is 6.21. The van der Waals surface area contributed by atoms with E-state index in [1.807, 2.05) is 7.11 Å². The number of pyridine rings is 1. The third-order valence-corrected chi connectivity index (χ3v) is 5.42. The normalized spacial score (nSPS) is 21.5. The molecule has 0 N–H and O–H groups in total. The van der Waals surface area contributed by atoms with Gasteiger partial charge in [0.25, 0.3) is 0 Å². The van der Waals surface area contributed by atoms with Gasteiger partial charge in [-0.05, 0) is 72.9 Å². The van der Waals surface area contributed by atoms with Crippen molar-refractivity contribution >= 4 is 28.1 Å². The van der Waals surface area contributed by atoms with Crippen LogP contribution in [-0.4, -0.2) is 18.2 Å². The number of aryl methyl sites for hydroxylation is 1. The maximum absolute atomic E-state index is 6.21. The van der Waals surface area contributed by atoms with Gasteiger partial charge < -0.3 is 4.74 Å². The highest BCUT2D eigenvalue weighted by molar-refractivity contribution is 6.30. The van der Waals surface area contributed by atoms with Crippen molar-refractivity contribution in [3.05, 3.63) is 47.1 Å². The fourth-order valence-corrected chi connectivity index (χ4v) is 3.81. The Labute approximate surface area is 143 Å². The maximum Gasteiger partial charge on any atom is 0.132 e. The summed E-state index contributed by atoms with van der Waals surface area (Å²) in [7, 11) is 1.81.